The average Bonchev–Trinajstić information content (AvgIpc) is 2.81. The Hall–Kier alpha value is -0.940. The molecule has 2 unspecified atom stereocenters. The Labute approximate surface area is 108 Å². The Morgan fingerprint density at radius 2 is 2.11 bits per heavy atom. The average molecular weight is 249 g/mol. The first kappa shape index (κ1) is 12.1. The van der Waals surface area contributed by atoms with Crippen molar-refractivity contribution in [3.05, 3.63) is 11.6 Å². The molecule has 2 aliphatic heterocycles. The van der Waals surface area contributed by atoms with Crippen LogP contribution >= 0.6 is 0 Å². The van der Waals surface area contributed by atoms with Gasteiger partial charge in [0.25, 0.3) is 0 Å². The van der Waals surface area contributed by atoms with E-state index < -0.39 is 0 Å². The predicted octanol–water partition coefficient (Wildman–Crippen LogP) is 1.10. The van der Waals surface area contributed by atoms with Gasteiger partial charge in [0.1, 0.15) is 11.6 Å². The van der Waals surface area contributed by atoms with E-state index >= 15 is 0 Å². The zero-order valence-corrected chi connectivity index (χ0v) is 11.2. The number of nitrogens with two attached hydrogens (primary N) is 1. The third-order valence-corrected chi connectivity index (χ3v) is 4.34. The van der Waals surface area contributed by atoms with Gasteiger partial charge in [-0.25, -0.2) is 0 Å². The lowest BCUT2D eigenvalue weighted by Gasteiger charge is -2.34. The van der Waals surface area contributed by atoms with Gasteiger partial charge < -0.3 is 10.3 Å². The van der Waals surface area contributed by atoms with Gasteiger partial charge in [0.05, 0.1) is 6.04 Å². The minimum Gasteiger partial charge on any atom is -0.327 e. The van der Waals surface area contributed by atoms with Gasteiger partial charge in [-0.3, -0.25) is 4.90 Å². The van der Waals surface area contributed by atoms with Crippen molar-refractivity contribution >= 4 is 0 Å². The normalized spacial score (nSPS) is 29.2. The molecule has 3 heterocycles. The standard InChI is InChI=1S/C13H23N5/c1-2-17-7-4-3-5-11(17)13-16-15-12-9-10(14)6-8-18(12)13/h10-11H,2-9,14H2,1H3. The van der Waals surface area contributed by atoms with Crippen molar-refractivity contribution in [2.24, 2.45) is 5.73 Å². The van der Waals surface area contributed by atoms with Crippen LogP contribution < -0.4 is 5.73 Å². The maximum absolute atomic E-state index is 6.00. The number of hydrogen-bond donors (Lipinski definition) is 1. The molecule has 100 valence electrons. The van der Waals surface area contributed by atoms with E-state index in [1.165, 1.54) is 31.6 Å². The highest BCUT2D eigenvalue weighted by Gasteiger charge is 2.30. The molecule has 1 aromatic heterocycles. The number of rotatable bonds is 2. The number of nitrogens with zero attached hydrogens (tertiary/aromatic N) is 4. The second-order valence-corrected chi connectivity index (χ2v) is 5.52. The maximum atomic E-state index is 6.00. The Kier molecular flexibility index (Phi) is 3.35. The molecule has 2 aliphatic rings. The summed E-state index contributed by atoms with van der Waals surface area (Å²) in [6.07, 6.45) is 5.78. The molecule has 5 heteroatoms. The molecule has 0 aromatic carbocycles. The third kappa shape index (κ3) is 2.06. The lowest BCUT2D eigenvalue weighted by Crippen LogP contribution is -2.36. The molecule has 1 aromatic rings. The van der Waals surface area contributed by atoms with Crippen molar-refractivity contribution in [3.63, 3.8) is 0 Å². The Balaban J connectivity index is 1.87. The molecule has 5 nitrogen and oxygen atoms in total. The van der Waals surface area contributed by atoms with Crippen LogP contribution in [0.25, 0.3) is 0 Å². The highest BCUT2D eigenvalue weighted by molar-refractivity contribution is 5.06. The van der Waals surface area contributed by atoms with Crippen LogP contribution in [0.4, 0.5) is 0 Å². The van der Waals surface area contributed by atoms with Gasteiger partial charge >= 0.3 is 0 Å². The fourth-order valence-corrected chi connectivity index (χ4v) is 3.28. The molecule has 3 rings (SSSR count). The summed E-state index contributed by atoms with van der Waals surface area (Å²) in [5.74, 6) is 2.27. The first-order chi connectivity index (χ1) is 8.79. The topological polar surface area (TPSA) is 60.0 Å². The number of aromatic nitrogens is 3. The summed E-state index contributed by atoms with van der Waals surface area (Å²) in [5, 5.41) is 8.83. The number of fused-ring (bicyclic) bond motifs is 1. The van der Waals surface area contributed by atoms with Crippen LogP contribution in [-0.2, 0) is 13.0 Å². The van der Waals surface area contributed by atoms with Crippen LogP contribution in [0.15, 0.2) is 0 Å². The summed E-state index contributed by atoms with van der Waals surface area (Å²) < 4.78 is 2.32. The zero-order valence-electron chi connectivity index (χ0n) is 11.2. The van der Waals surface area contributed by atoms with E-state index in [1.807, 2.05) is 0 Å². The van der Waals surface area contributed by atoms with Crippen molar-refractivity contribution in [3.8, 4) is 0 Å². The number of piperidine rings is 1. The monoisotopic (exact) mass is 249 g/mol. The lowest BCUT2D eigenvalue weighted by molar-refractivity contribution is 0.145. The molecule has 1 saturated heterocycles. The van der Waals surface area contributed by atoms with E-state index in [-0.39, 0.29) is 6.04 Å². The van der Waals surface area contributed by atoms with Crippen LogP contribution in [0.3, 0.4) is 0 Å². The molecule has 0 radical (unpaired) electrons. The van der Waals surface area contributed by atoms with E-state index in [9.17, 15) is 0 Å². The molecule has 0 amide bonds. The third-order valence-electron chi connectivity index (χ3n) is 4.34. The molecule has 18 heavy (non-hydrogen) atoms. The van der Waals surface area contributed by atoms with Gasteiger partial charge in [-0.1, -0.05) is 13.3 Å². The summed E-state index contributed by atoms with van der Waals surface area (Å²) in [6, 6.07) is 0.738. The van der Waals surface area contributed by atoms with Crippen molar-refractivity contribution in [2.75, 3.05) is 13.1 Å². The van der Waals surface area contributed by atoms with Crippen molar-refractivity contribution < 1.29 is 0 Å². The van der Waals surface area contributed by atoms with Crippen LogP contribution in [0.1, 0.15) is 50.3 Å². The highest BCUT2D eigenvalue weighted by atomic mass is 15.3. The zero-order chi connectivity index (χ0) is 12.5. The molecule has 2 N–H and O–H groups in total. The molecule has 2 atom stereocenters. The second kappa shape index (κ2) is 4.97. The second-order valence-electron chi connectivity index (χ2n) is 5.52. The predicted molar refractivity (Wildman–Crippen MR) is 70.2 cm³/mol. The molecule has 0 saturated carbocycles. The van der Waals surface area contributed by atoms with E-state index in [0.29, 0.717) is 6.04 Å². The number of hydrogen-bond acceptors (Lipinski definition) is 4. The van der Waals surface area contributed by atoms with Gasteiger partial charge in [-0.2, -0.15) is 0 Å². The molecule has 0 bridgehead atoms. The fraction of sp³-hybridized carbons (Fsp3) is 0.846. The fourth-order valence-electron chi connectivity index (χ4n) is 3.28. The molecular weight excluding hydrogens is 226 g/mol. The Morgan fingerprint density at radius 1 is 1.22 bits per heavy atom. The first-order valence-corrected chi connectivity index (χ1v) is 7.21. The Morgan fingerprint density at radius 3 is 2.94 bits per heavy atom. The summed E-state index contributed by atoms with van der Waals surface area (Å²) in [6.45, 7) is 5.53. The van der Waals surface area contributed by atoms with Crippen molar-refractivity contribution in [2.45, 2.75) is 57.7 Å². The minimum absolute atomic E-state index is 0.267. The maximum Gasteiger partial charge on any atom is 0.150 e. The van der Waals surface area contributed by atoms with Crippen LogP contribution in [0.2, 0.25) is 0 Å². The molecule has 0 aliphatic carbocycles. The van der Waals surface area contributed by atoms with Crippen molar-refractivity contribution in [1.82, 2.24) is 19.7 Å². The smallest absolute Gasteiger partial charge is 0.150 e. The largest absolute Gasteiger partial charge is 0.327 e. The SMILES string of the molecule is CCN1CCCCC1c1nnc2n1CCC(N)C2. The summed E-state index contributed by atoms with van der Waals surface area (Å²) in [4.78, 5) is 2.54. The van der Waals surface area contributed by atoms with E-state index in [0.717, 1.165) is 31.8 Å². The van der Waals surface area contributed by atoms with Gasteiger partial charge in [0.15, 0.2) is 0 Å². The molecule has 0 spiro atoms. The van der Waals surface area contributed by atoms with E-state index in [2.05, 4.69) is 26.6 Å². The van der Waals surface area contributed by atoms with Crippen molar-refractivity contribution in [1.29, 1.82) is 0 Å². The molecule has 1 fully saturated rings. The lowest BCUT2D eigenvalue weighted by atomic mass is 10.0. The van der Waals surface area contributed by atoms with E-state index in [1.54, 1.807) is 0 Å². The van der Waals surface area contributed by atoms with Gasteiger partial charge in [-0.05, 0) is 32.4 Å². The van der Waals surface area contributed by atoms with E-state index in [4.69, 9.17) is 5.73 Å². The highest BCUT2D eigenvalue weighted by Crippen LogP contribution is 2.30. The Bertz CT molecular complexity index is 414. The van der Waals surface area contributed by atoms with Crippen LogP contribution in [-0.4, -0.2) is 38.8 Å². The van der Waals surface area contributed by atoms with Gasteiger partial charge in [0, 0.05) is 19.0 Å². The summed E-state index contributed by atoms with van der Waals surface area (Å²) in [7, 11) is 0. The first-order valence-electron chi connectivity index (χ1n) is 7.21. The van der Waals surface area contributed by atoms with Crippen LogP contribution in [0, 0.1) is 0 Å². The van der Waals surface area contributed by atoms with Gasteiger partial charge in [0.2, 0.25) is 0 Å². The summed E-state index contributed by atoms with van der Waals surface area (Å²) in [5.41, 5.74) is 6.00. The quantitative estimate of drug-likeness (QED) is 0.852. The van der Waals surface area contributed by atoms with Gasteiger partial charge in [-0.15, -0.1) is 10.2 Å². The molecular formula is C13H23N5. The summed E-state index contributed by atoms with van der Waals surface area (Å²) >= 11 is 0. The van der Waals surface area contributed by atoms with Crippen LogP contribution in [0.5, 0.6) is 0 Å². The minimum atomic E-state index is 0.267. The number of likely N-dealkylation sites (tertiary alicyclic amines) is 1.